The summed E-state index contributed by atoms with van der Waals surface area (Å²) < 4.78 is 5.73. The quantitative estimate of drug-likeness (QED) is 0.779. The summed E-state index contributed by atoms with van der Waals surface area (Å²) in [6.07, 6.45) is 2.13. The molecule has 2 heteroatoms. The SMILES string of the molecule is CCc1cccc(OC(CC)CN)c1. The molecule has 1 rings (SSSR count). The molecule has 0 saturated carbocycles. The van der Waals surface area contributed by atoms with Gasteiger partial charge in [0.25, 0.3) is 0 Å². The van der Waals surface area contributed by atoms with Gasteiger partial charge in [0.05, 0.1) is 0 Å². The molecule has 1 aromatic carbocycles. The number of ether oxygens (including phenoxy) is 1. The molecular formula is C12H19NO. The average Bonchev–Trinajstić information content (AvgIpc) is 2.26. The van der Waals surface area contributed by atoms with Crippen molar-refractivity contribution >= 4 is 0 Å². The predicted molar refractivity (Wildman–Crippen MR) is 59.6 cm³/mol. The van der Waals surface area contributed by atoms with Crippen molar-refractivity contribution in [3.8, 4) is 5.75 Å². The van der Waals surface area contributed by atoms with E-state index in [1.807, 2.05) is 12.1 Å². The molecule has 0 amide bonds. The fourth-order valence-electron chi connectivity index (χ4n) is 1.33. The van der Waals surface area contributed by atoms with Crippen molar-refractivity contribution in [1.82, 2.24) is 0 Å². The van der Waals surface area contributed by atoms with Crippen LogP contribution in [0.4, 0.5) is 0 Å². The Balaban J connectivity index is 2.65. The fraction of sp³-hybridized carbons (Fsp3) is 0.500. The normalized spacial score (nSPS) is 12.5. The fourth-order valence-corrected chi connectivity index (χ4v) is 1.33. The van der Waals surface area contributed by atoms with Crippen molar-refractivity contribution in [1.29, 1.82) is 0 Å². The molecule has 0 aliphatic carbocycles. The number of hydrogen-bond acceptors (Lipinski definition) is 2. The maximum atomic E-state index is 5.73. The highest BCUT2D eigenvalue weighted by Crippen LogP contribution is 2.15. The molecule has 0 heterocycles. The van der Waals surface area contributed by atoms with Crippen molar-refractivity contribution in [3.63, 3.8) is 0 Å². The van der Waals surface area contributed by atoms with E-state index in [-0.39, 0.29) is 6.10 Å². The highest BCUT2D eigenvalue weighted by Gasteiger charge is 2.04. The first kappa shape index (κ1) is 11.1. The van der Waals surface area contributed by atoms with Crippen LogP contribution >= 0.6 is 0 Å². The second kappa shape index (κ2) is 5.66. The van der Waals surface area contributed by atoms with E-state index in [9.17, 15) is 0 Å². The first-order valence-electron chi connectivity index (χ1n) is 5.25. The van der Waals surface area contributed by atoms with E-state index in [0.717, 1.165) is 18.6 Å². The molecule has 0 fully saturated rings. The van der Waals surface area contributed by atoms with Gasteiger partial charge < -0.3 is 10.5 Å². The first-order valence-corrected chi connectivity index (χ1v) is 5.25. The summed E-state index contributed by atoms with van der Waals surface area (Å²) in [5.41, 5.74) is 6.88. The van der Waals surface area contributed by atoms with Gasteiger partial charge in [0.15, 0.2) is 0 Å². The van der Waals surface area contributed by atoms with Gasteiger partial charge in [-0.1, -0.05) is 26.0 Å². The van der Waals surface area contributed by atoms with Crippen LogP contribution in [0.25, 0.3) is 0 Å². The van der Waals surface area contributed by atoms with Gasteiger partial charge in [-0.15, -0.1) is 0 Å². The van der Waals surface area contributed by atoms with Crippen molar-refractivity contribution in [2.45, 2.75) is 32.8 Å². The number of benzene rings is 1. The average molecular weight is 193 g/mol. The van der Waals surface area contributed by atoms with Crippen LogP contribution in [0.15, 0.2) is 24.3 Å². The Morgan fingerprint density at radius 2 is 2.14 bits per heavy atom. The van der Waals surface area contributed by atoms with E-state index in [2.05, 4.69) is 26.0 Å². The lowest BCUT2D eigenvalue weighted by Gasteiger charge is -2.15. The van der Waals surface area contributed by atoms with E-state index in [1.165, 1.54) is 5.56 Å². The number of nitrogens with two attached hydrogens (primary N) is 1. The summed E-state index contributed by atoms with van der Waals surface area (Å²) in [5, 5.41) is 0. The molecule has 2 nitrogen and oxygen atoms in total. The van der Waals surface area contributed by atoms with Crippen LogP contribution in [0.3, 0.4) is 0 Å². The van der Waals surface area contributed by atoms with Crippen molar-refractivity contribution in [2.24, 2.45) is 5.73 Å². The highest BCUT2D eigenvalue weighted by atomic mass is 16.5. The second-order valence-electron chi connectivity index (χ2n) is 3.38. The number of hydrogen-bond donors (Lipinski definition) is 1. The first-order chi connectivity index (χ1) is 6.80. The summed E-state index contributed by atoms with van der Waals surface area (Å²) >= 11 is 0. The van der Waals surface area contributed by atoms with Gasteiger partial charge in [-0.25, -0.2) is 0 Å². The summed E-state index contributed by atoms with van der Waals surface area (Å²) in [6.45, 7) is 4.80. The van der Waals surface area contributed by atoms with E-state index < -0.39 is 0 Å². The maximum Gasteiger partial charge on any atom is 0.120 e. The van der Waals surface area contributed by atoms with Crippen LogP contribution in [0.2, 0.25) is 0 Å². The standard InChI is InChI=1S/C12H19NO/c1-3-10-6-5-7-12(8-10)14-11(4-2)9-13/h5-8,11H,3-4,9,13H2,1-2H3. The minimum Gasteiger partial charge on any atom is -0.489 e. The molecule has 0 aliphatic heterocycles. The Labute approximate surface area is 86.1 Å². The molecule has 0 radical (unpaired) electrons. The zero-order valence-corrected chi connectivity index (χ0v) is 8.99. The lowest BCUT2D eigenvalue weighted by atomic mass is 10.1. The number of rotatable bonds is 5. The third-order valence-corrected chi connectivity index (χ3v) is 2.33. The summed E-state index contributed by atoms with van der Waals surface area (Å²) in [7, 11) is 0. The van der Waals surface area contributed by atoms with Gasteiger partial charge in [-0.3, -0.25) is 0 Å². The van der Waals surface area contributed by atoms with E-state index in [0.29, 0.717) is 6.54 Å². The molecule has 1 aromatic rings. The molecule has 0 saturated heterocycles. The summed E-state index contributed by atoms with van der Waals surface area (Å²) in [6, 6.07) is 8.20. The Morgan fingerprint density at radius 3 is 2.71 bits per heavy atom. The molecule has 1 unspecified atom stereocenters. The van der Waals surface area contributed by atoms with Crippen LogP contribution in [-0.2, 0) is 6.42 Å². The Morgan fingerprint density at radius 1 is 1.36 bits per heavy atom. The van der Waals surface area contributed by atoms with E-state index >= 15 is 0 Å². The molecular weight excluding hydrogens is 174 g/mol. The minimum atomic E-state index is 0.141. The van der Waals surface area contributed by atoms with E-state index in [4.69, 9.17) is 10.5 Å². The Kier molecular flexibility index (Phi) is 4.47. The van der Waals surface area contributed by atoms with Gasteiger partial charge in [0.1, 0.15) is 11.9 Å². The lowest BCUT2D eigenvalue weighted by molar-refractivity contribution is 0.205. The highest BCUT2D eigenvalue weighted by molar-refractivity contribution is 5.28. The van der Waals surface area contributed by atoms with Crippen molar-refractivity contribution < 1.29 is 4.74 Å². The smallest absolute Gasteiger partial charge is 0.120 e. The van der Waals surface area contributed by atoms with Crippen molar-refractivity contribution in [3.05, 3.63) is 29.8 Å². The lowest BCUT2D eigenvalue weighted by Crippen LogP contribution is -2.25. The van der Waals surface area contributed by atoms with Crippen LogP contribution < -0.4 is 10.5 Å². The molecule has 1 atom stereocenters. The molecule has 14 heavy (non-hydrogen) atoms. The molecule has 0 spiro atoms. The molecule has 2 N–H and O–H groups in total. The second-order valence-corrected chi connectivity index (χ2v) is 3.38. The maximum absolute atomic E-state index is 5.73. The van der Waals surface area contributed by atoms with Gasteiger partial charge in [0.2, 0.25) is 0 Å². The van der Waals surface area contributed by atoms with Gasteiger partial charge >= 0.3 is 0 Å². The molecule has 78 valence electrons. The van der Waals surface area contributed by atoms with E-state index in [1.54, 1.807) is 0 Å². The van der Waals surface area contributed by atoms with Crippen LogP contribution in [0.1, 0.15) is 25.8 Å². The summed E-state index contributed by atoms with van der Waals surface area (Å²) in [5.74, 6) is 0.932. The Hall–Kier alpha value is -1.02. The summed E-state index contributed by atoms with van der Waals surface area (Å²) in [4.78, 5) is 0. The predicted octanol–water partition coefficient (Wildman–Crippen LogP) is 2.37. The number of aryl methyl sites for hydroxylation is 1. The van der Waals surface area contributed by atoms with Crippen LogP contribution in [0, 0.1) is 0 Å². The van der Waals surface area contributed by atoms with Crippen LogP contribution in [0.5, 0.6) is 5.75 Å². The third-order valence-electron chi connectivity index (χ3n) is 2.33. The molecule has 0 aromatic heterocycles. The largest absolute Gasteiger partial charge is 0.489 e. The van der Waals surface area contributed by atoms with Gasteiger partial charge in [-0.2, -0.15) is 0 Å². The van der Waals surface area contributed by atoms with Gasteiger partial charge in [0, 0.05) is 6.54 Å². The third kappa shape index (κ3) is 3.04. The molecule has 0 bridgehead atoms. The van der Waals surface area contributed by atoms with Crippen LogP contribution in [-0.4, -0.2) is 12.6 Å². The Bertz CT molecular complexity index is 269. The zero-order chi connectivity index (χ0) is 10.4. The van der Waals surface area contributed by atoms with Gasteiger partial charge in [-0.05, 0) is 30.5 Å². The molecule has 0 aliphatic rings. The minimum absolute atomic E-state index is 0.141. The topological polar surface area (TPSA) is 35.2 Å². The zero-order valence-electron chi connectivity index (χ0n) is 8.99. The van der Waals surface area contributed by atoms with Crippen molar-refractivity contribution in [2.75, 3.05) is 6.54 Å². The monoisotopic (exact) mass is 193 g/mol.